The molecule has 0 aliphatic rings. The zero-order chi connectivity index (χ0) is 12.4. The number of halogens is 2. The molecule has 0 spiro atoms. The van der Waals surface area contributed by atoms with E-state index in [1.54, 1.807) is 18.4 Å². The smallest absolute Gasteiger partial charge is 0.188 e. The van der Waals surface area contributed by atoms with Crippen LogP contribution >= 0.6 is 39.9 Å². The molecular formula is C12H15BrClN3S. The van der Waals surface area contributed by atoms with Crippen LogP contribution in [0.5, 0.6) is 0 Å². The van der Waals surface area contributed by atoms with Crippen LogP contribution in [0.2, 0.25) is 5.02 Å². The summed E-state index contributed by atoms with van der Waals surface area (Å²) in [6.07, 6.45) is 0. The minimum absolute atomic E-state index is 0. The van der Waals surface area contributed by atoms with Gasteiger partial charge in [-0.3, -0.25) is 4.99 Å². The summed E-state index contributed by atoms with van der Waals surface area (Å²) in [5.74, 6) is 0.458. The Morgan fingerprint density at radius 2 is 2.22 bits per heavy atom. The number of hydrogen-bond donors (Lipinski definition) is 2. The largest absolute Gasteiger partial charge is 0.370 e. The van der Waals surface area contributed by atoms with Crippen molar-refractivity contribution in [3.05, 3.63) is 33.7 Å². The highest BCUT2D eigenvalue weighted by Gasteiger charge is 2.08. The molecule has 0 aliphatic heterocycles. The van der Waals surface area contributed by atoms with Gasteiger partial charge in [-0.05, 0) is 36.1 Å². The molecule has 6 heteroatoms. The Morgan fingerprint density at radius 1 is 1.50 bits per heavy atom. The molecule has 3 N–H and O–H groups in total. The van der Waals surface area contributed by atoms with Crippen LogP contribution < -0.4 is 11.1 Å². The lowest BCUT2D eigenvalue weighted by molar-refractivity contribution is 0.913. The lowest BCUT2D eigenvalue weighted by Gasteiger charge is -2.03. The predicted molar refractivity (Wildman–Crippen MR) is 86.3 cm³/mol. The van der Waals surface area contributed by atoms with Crippen molar-refractivity contribution < 1.29 is 0 Å². The Hall–Kier alpha value is -0.780. The molecule has 0 bridgehead atoms. The maximum atomic E-state index is 6.00. The first-order valence-corrected chi connectivity index (χ1v) is 6.45. The van der Waals surface area contributed by atoms with Crippen molar-refractivity contribution in [2.45, 2.75) is 13.5 Å². The molecule has 1 aromatic heterocycles. The zero-order valence-electron chi connectivity index (χ0n) is 10.2. The molecule has 0 radical (unpaired) electrons. The first kappa shape index (κ1) is 15.3. The standard InChI is InChI=1S/C12H14ClN3S.BrH/c1-7-9-5-8(13)3-4-10(9)17-11(7)6-16-12(14)15-2;/h3-5H,6H2,1-2H3,(H3,14,15,16);1H. The Morgan fingerprint density at radius 3 is 2.89 bits per heavy atom. The van der Waals surface area contributed by atoms with Gasteiger partial charge in [0.15, 0.2) is 5.96 Å². The molecule has 98 valence electrons. The van der Waals surface area contributed by atoms with Gasteiger partial charge in [-0.2, -0.15) is 0 Å². The maximum absolute atomic E-state index is 6.00. The molecule has 2 rings (SSSR count). The van der Waals surface area contributed by atoms with Crippen LogP contribution in [0.1, 0.15) is 10.4 Å². The summed E-state index contributed by atoms with van der Waals surface area (Å²) >= 11 is 7.75. The minimum atomic E-state index is 0. The lowest BCUT2D eigenvalue weighted by atomic mass is 10.1. The quantitative estimate of drug-likeness (QED) is 0.645. The average Bonchev–Trinajstić information content (AvgIpc) is 2.63. The Bertz CT molecular complexity index is 580. The molecule has 0 saturated heterocycles. The van der Waals surface area contributed by atoms with Gasteiger partial charge in [-0.1, -0.05) is 11.6 Å². The number of benzene rings is 1. The molecule has 0 amide bonds. The van der Waals surface area contributed by atoms with E-state index in [0.29, 0.717) is 12.5 Å². The number of hydrogen-bond acceptors (Lipinski definition) is 2. The van der Waals surface area contributed by atoms with Gasteiger partial charge in [0.05, 0.1) is 6.54 Å². The van der Waals surface area contributed by atoms with Crippen molar-refractivity contribution in [3.63, 3.8) is 0 Å². The summed E-state index contributed by atoms with van der Waals surface area (Å²) in [6.45, 7) is 2.80. The molecule has 0 aliphatic carbocycles. The fourth-order valence-corrected chi connectivity index (χ4v) is 2.97. The van der Waals surface area contributed by atoms with Crippen LogP contribution in [0.15, 0.2) is 23.2 Å². The summed E-state index contributed by atoms with van der Waals surface area (Å²) in [6, 6.07) is 5.97. The minimum Gasteiger partial charge on any atom is -0.370 e. The fourth-order valence-electron chi connectivity index (χ4n) is 1.66. The SMILES string of the molecule is Br.CN=C(N)NCc1sc2ccc(Cl)cc2c1C. The van der Waals surface area contributed by atoms with E-state index in [4.69, 9.17) is 17.3 Å². The predicted octanol–water partition coefficient (Wildman–Crippen LogP) is 3.48. The van der Waals surface area contributed by atoms with E-state index >= 15 is 0 Å². The van der Waals surface area contributed by atoms with Crippen LogP contribution in [0.4, 0.5) is 0 Å². The average molecular weight is 349 g/mol. The summed E-state index contributed by atoms with van der Waals surface area (Å²) in [5, 5.41) is 5.06. The molecule has 0 atom stereocenters. The summed E-state index contributed by atoms with van der Waals surface area (Å²) in [7, 11) is 1.67. The summed E-state index contributed by atoms with van der Waals surface area (Å²) < 4.78 is 1.25. The van der Waals surface area contributed by atoms with Gasteiger partial charge in [-0.25, -0.2) is 0 Å². The van der Waals surface area contributed by atoms with Crippen LogP contribution in [0.25, 0.3) is 10.1 Å². The molecule has 0 saturated carbocycles. The van der Waals surface area contributed by atoms with Gasteiger partial charge < -0.3 is 11.1 Å². The topological polar surface area (TPSA) is 50.4 Å². The van der Waals surface area contributed by atoms with Gasteiger partial charge in [0.25, 0.3) is 0 Å². The van der Waals surface area contributed by atoms with E-state index in [1.807, 2.05) is 12.1 Å². The van der Waals surface area contributed by atoms with Gasteiger partial charge in [0, 0.05) is 21.6 Å². The Labute approximate surface area is 126 Å². The van der Waals surface area contributed by atoms with E-state index in [1.165, 1.54) is 20.5 Å². The highest BCUT2D eigenvalue weighted by molar-refractivity contribution is 8.93. The molecule has 2 aromatic rings. The number of nitrogens with two attached hydrogens (primary N) is 1. The van der Waals surface area contributed by atoms with E-state index < -0.39 is 0 Å². The normalized spacial score (nSPS) is 11.4. The molecule has 1 aromatic carbocycles. The summed E-state index contributed by atoms with van der Waals surface area (Å²) in [4.78, 5) is 5.13. The highest BCUT2D eigenvalue weighted by atomic mass is 79.9. The number of nitrogens with one attached hydrogen (secondary N) is 1. The van der Waals surface area contributed by atoms with Gasteiger partial charge in [-0.15, -0.1) is 28.3 Å². The molecule has 1 heterocycles. The number of thiophene rings is 1. The maximum Gasteiger partial charge on any atom is 0.188 e. The van der Waals surface area contributed by atoms with Crippen molar-refractivity contribution >= 4 is 56.0 Å². The lowest BCUT2D eigenvalue weighted by Crippen LogP contribution is -2.30. The van der Waals surface area contributed by atoms with Crippen LogP contribution in [0.3, 0.4) is 0 Å². The third-order valence-electron chi connectivity index (χ3n) is 2.67. The van der Waals surface area contributed by atoms with E-state index in [0.717, 1.165) is 5.02 Å². The number of rotatable bonds is 2. The number of guanidine groups is 1. The van der Waals surface area contributed by atoms with Crippen molar-refractivity contribution in [3.8, 4) is 0 Å². The van der Waals surface area contributed by atoms with Crippen LogP contribution in [-0.4, -0.2) is 13.0 Å². The third kappa shape index (κ3) is 3.16. The highest BCUT2D eigenvalue weighted by Crippen LogP contribution is 2.32. The van der Waals surface area contributed by atoms with Gasteiger partial charge >= 0.3 is 0 Å². The van der Waals surface area contributed by atoms with E-state index in [-0.39, 0.29) is 17.0 Å². The number of aryl methyl sites for hydroxylation is 1. The second-order valence-corrected chi connectivity index (χ2v) is 5.33. The van der Waals surface area contributed by atoms with Crippen LogP contribution in [0, 0.1) is 6.92 Å². The second kappa shape index (κ2) is 6.41. The first-order valence-electron chi connectivity index (χ1n) is 5.25. The third-order valence-corrected chi connectivity index (χ3v) is 4.18. The number of aliphatic imine (C=N–C) groups is 1. The zero-order valence-corrected chi connectivity index (χ0v) is 13.4. The molecule has 0 fully saturated rings. The second-order valence-electron chi connectivity index (χ2n) is 3.75. The molecule has 3 nitrogen and oxygen atoms in total. The Balaban J connectivity index is 0.00000162. The monoisotopic (exact) mass is 347 g/mol. The van der Waals surface area contributed by atoms with E-state index in [2.05, 4.69) is 23.3 Å². The van der Waals surface area contributed by atoms with Crippen LogP contribution in [-0.2, 0) is 6.54 Å². The number of fused-ring (bicyclic) bond motifs is 1. The van der Waals surface area contributed by atoms with Crippen molar-refractivity contribution in [2.75, 3.05) is 7.05 Å². The van der Waals surface area contributed by atoms with E-state index in [9.17, 15) is 0 Å². The van der Waals surface area contributed by atoms with Crippen molar-refractivity contribution in [1.29, 1.82) is 0 Å². The van der Waals surface area contributed by atoms with Gasteiger partial charge in [0.2, 0.25) is 0 Å². The molecule has 18 heavy (non-hydrogen) atoms. The molecular weight excluding hydrogens is 334 g/mol. The first-order chi connectivity index (χ1) is 8.11. The Kier molecular flexibility index (Phi) is 5.44. The number of nitrogens with zero attached hydrogens (tertiary/aromatic N) is 1. The van der Waals surface area contributed by atoms with Gasteiger partial charge in [0.1, 0.15) is 0 Å². The molecule has 0 unspecified atom stereocenters. The van der Waals surface area contributed by atoms with Crippen molar-refractivity contribution in [1.82, 2.24) is 5.32 Å². The fraction of sp³-hybridized carbons (Fsp3) is 0.250. The summed E-state index contributed by atoms with van der Waals surface area (Å²) in [5.41, 5.74) is 6.87. The van der Waals surface area contributed by atoms with Crippen molar-refractivity contribution in [2.24, 2.45) is 10.7 Å².